The van der Waals surface area contributed by atoms with E-state index in [0.29, 0.717) is 30.8 Å². The molecule has 90 valence electrons. The molecule has 0 atom stereocenters. The van der Waals surface area contributed by atoms with Crippen molar-refractivity contribution in [3.05, 3.63) is 34.8 Å². The molecule has 0 amide bonds. The molecule has 2 rings (SSSR count). The van der Waals surface area contributed by atoms with Gasteiger partial charge >= 0.3 is 0 Å². The summed E-state index contributed by atoms with van der Waals surface area (Å²) in [6.07, 6.45) is 3.39. The second kappa shape index (κ2) is 5.67. The first-order chi connectivity index (χ1) is 8.29. The summed E-state index contributed by atoms with van der Waals surface area (Å²) >= 11 is 3.36. The van der Waals surface area contributed by atoms with Gasteiger partial charge in [-0.05, 0) is 35.0 Å². The fourth-order valence-electron chi connectivity index (χ4n) is 1.24. The minimum atomic E-state index is 0.436. The minimum Gasteiger partial charge on any atom is -0.465 e. The molecule has 5 nitrogen and oxygen atoms in total. The number of hydrogen-bond acceptors (Lipinski definition) is 5. The van der Waals surface area contributed by atoms with Crippen LogP contribution in [0.3, 0.4) is 0 Å². The van der Waals surface area contributed by atoms with Crippen molar-refractivity contribution in [3.63, 3.8) is 0 Å². The van der Waals surface area contributed by atoms with Crippen LogP contribution >= 0.6 is 15.9 Å². The van der Waals surface area contributed by atoms with Gasteiger partial charge in [-0.25, -0.2) is 9.98 Å². The van der Waals surface area contributed by atoms with Crippen LogP contribution < -0.4 is 10.1 Å². The lowest BCUT2D eigenvalue weighted by atomic mass is 10.4. The van der Waals surface area contributed by atoms with Gasteiger partial charge in [-0.1, -0.05) is 0 Å². The Morgan fingerprint density at radius 3 is 3.06 bits per heavy atom. The van der Waals surface area contributed by atoms with E-state index in [9.17, 15) is 0 Å². The number of halogens is 1. The predicted molar refractivity (Wildman–Crippen MR) is 67.7 cm³/mol. The summed E-state index contributed by atoms with van der Waals surface area (Å²) in [5, 5.41) is 2.91. The van der Waals surface area contributed by atoms with E-state index in [1.54, 1.807) is 12.4 Å². The summed E-state index contributed by atoms with van der Waals surface area (Å²) < 4.78 is 11.6. The quantitative estimate of drug-likeness (QED) is 0.928. The van der Waals surface area contributed by atoms with Crippen LogP contribution in [-0.4, -0.2) is 24.2 Å². The summed E-state index contributed by atoms with van der Waals surface area (Å²) in [6.45, 7) is 2.93. The molecule has 0 spiro atoms. The second-order valence-electron chi connectivity index (χ2n) is 3.20. The maximum atomic E-state index is 5.59. The van der Waals surface area contributed by atoms with Crippen LogP contribution in [0, 0.1) is 0 Å². The molecule has 1 aromatic heterocycles. The molecule has 1 aliphatic heterocycles. The van der Waals surface area contributed by atoms with E-state index in [-0.39, 0.29) is 0 Å². The van der Waals surface area contributed by atoms with Gasteiger partial charge in [0.15, 0.2) is 0 Å². The molecule has 17 heavy (non-hydrogen) atoms. The summed E-state index contributed by atoms with van der Waals surface area (Å²) in [6, 6.07) is 4.21. The Bertz CT molecular complexity index is 460. The number of hydrogen-bond donors (Lipinski definition) is 1. The van der Waals surface area contributed by atoms with Gasteiger partial charge in [-0.15, -0.1) is 0 Å². The van der Waals surface area contributed by atoms with Crippen LogP contribution in [0.5, 0.6) is 5.88 Å². The van der Waals surface area contributed by atoms with Gasteiger partial charge in [-0.2, -0.15) is 0 Å². The lowest BCUT2D eigenvalue weighted by Gasteiger charge is -2.15. The van der Waals surface area contributed by atoms with Crippen molar-refractivity contribution in [3.8, 4) is 5.88 Å². The number of rotatable bonds is 3. The molecule has 0 unspecified atom stereocenters. The third kappa shape index (κ3) is 3.20. The van der Waals surface area contributed by atoms with Crippen molar-refractivity contribution in [2.45, 2.75) is 6.92 Å². The van der Waals surface area contributed by atoms with Crippen LogP contribution in [0.1, 0.15) is 6.92 Å². The van der Waals surface area contributed by atoms with E-state index >= 15 is 0 Å². The molecule has 0 saturated heterocycles. The van der Waals surface area contributed by atoms with Gasteiger partial charge in [0.1, 0.15) is 12.3 Å². The number of aliphatic imine (C=N–C) groups is 1. The first-order valence-electron chi connectivity index (χ1n) is 5.21. The molecule has 1 aliphatic rings. The van der Waals surface area contributed by atoms with Crippen molar-refractivity contribution in [1.29, 1.82) is 0 Å². The van der Waals surface area contributed by atoms with E-state index in [4.69, 9.17) is 9.47 Å². The summed E-state index contributed by atoms with van der Waals surface area (Å²) in [5.74, 6) is 1.21. The zero-order valence-corrected chi connectivity index (χ0v) is 10.9. The van der Waals surface area contributed by atoms with E-state index in [0.717, 1.165) is 4.47 Å². The third-order valence-corrected chi connectivity index (χ3v) is 2.57. The summed E-state index contributed by atoms with van der Waals surface area (Å²) in [4.78, 5) is 8.28. The number of ether oxygens (including phenoxy) is 2. The number of pyridine rings is 1. The van der Waals surface area contributed by atoms with Crippen molar-refractivity contribution in [2.24, 2.45) is 4.99 Å². The summed E-state index contributed by atoms with van der Waals surface area (Å²) in [7, 11) is 0. The first kappa shape index (κ1) is 11.9. The number of aromatic nitrogens is 1. The molecular weight excluding hydrogens is 286 g/mol. The van der Waals surface area contributed by atoms with E-state index in [1.807, 2.05) is 19.1 Å². The van der Waals surface area contributed by atoms with Crippen molar-refractivity contribution < 1.29 is 9.47 Å². The van der Waals surface area contributed by atoms with Crippen LogP contribution in [0.2, 0.25) is 0 Å². The topological polar surface area (TPSA) is 55.7 Å². The molecule has 0 bridgehead atoms. The molecule has 0 fully saturated rings. The molecular formula is C11H12BrN3O2. The lowest BCUT2D eigenvalue weighted by molar-refractivity contribution is 0.307. The number of nitrogens with zero attached hydrogens (tertiary/aromatic N) is 2. The minimum absolute atomic E-state index is 0.436. The normalized spacial score (nSPS) is 14.5. The zero-order valence-electron chi connectivity index (χ0n) is 9.31. The molecule has 2 heterocycles. The fourth-order valence-corrected chi connectivity index (χ4v) is 1.58. The maximum Gasteiger partial charge on any atom is 0.289 e. The van der Waals surface area contributed by atoms with Crippen molar-refractivity contribution in [1.82, 2.24) is 10.3 Å². The SMILES string of the molecule is CCOC1=NCC(Oc2ncccc2Br)=CN1. The Labute approximate surface area is 108 Å². The third-order valence-electron chi connectivity index (χ3n) is 1.97. The Balaban J connectivity index is 1.97. The van der Waals surface area contributed by atoms with Gasteiger partial charge in [-0.3, -0.25) is 0 Å². The Hall–Kier alpha value is -1.56. The van der Waals surface area contributed by atoms with Gasteiger partial charge in [0.2, 0.25) is 5.88 Å². The largest absolute Gasteiger partial charge is 0.465 e. The maximum absolute atomic E-state index is 5.59. The molecule has 0 saturated carbocycles. The Morgan fingerprint density at radius 2 is 2.41 bits per heavy atom. The molecule has 0 radical (unpaired) electrons. The highest BCUT2D eigenvalue weighted by atomic mass is 79.9. The molecule has 6 heteroatoms. The smallest absolute Gasteiger partial charge is 0.289 e. The summed E-state index contributed by atoms with van der Waals surface area (Å²) in [5.41, 5.74) is 0. The van der Waals surface area contributed by atoms with Crippen molar-refractivity contribution in [2.75, 3.05) is 13.2 Å². The number of amidine groups is 1. The van der Waals surface area contributed by atoms with E-state index in [1.165, 1.54) is 0 Å². The van der Waals surface area contributed by atoms with Crippen LogP contribution in [0.4, 0.5) is 0 Å². The number of nitrogens with one attached hydrogen (secondary N) is 1. The second-order valence-corrected chi connectivity index (χ2v) is 4.06. The van der Waals surface area contributed by atoms with Gasteiger partial charge in [0.25, 0.3) is 6.02 Å². The van der Waals surface area contributed by atoms with E-state index < -0.39 is 0 Å². The van der Waals surface area contributed by atoms with Gasteiger partial charge in [0.05, 0.1) is 11.1 Å². The highest BCUT2D eigenvalue weighted by Crippen LogP contribution is 2.23. The Kier molecular flexibility index (Phi) is 3.98. The highest BCUT2D eigenvalue weighted by Gasteiger charge is 2.10. The first-order valence-corrected chi connectivity index (χ1v) is 6.00. The molecule has 0 aliphatic carbocycles. The highest BCUT2D eigenvalue weighted by molar-refractivity contribution is 9.10. The molecule has 1 aromatic rings. The molecule has 0 aromatic carbocycles. The average Bonchev–Trinajstić information content (AvgIpc) is 2.35. The van der Waals surface area contributed by atoms with Crippen molar-refractivity contribution >= 4 is 22.0 Å². The standard InChI is InChI=1S/C11H12BrN3O2/c1-2-16-11-14-6-8(7-15-11)17-10-9(12)4-3-5-13-10/h3-6H,2,7H2,1H3,(H,14,15). The van der Waals surface area contributed by atoms with E-state index in [2.05, 4.69) is 31.2 Å². The monoisotopic (exact) mass is 297 g/mol. The zero-order chi connectivity index (χ0) is 12.1. The predicted octanol–water partition coefficient (Wildman–Crippen LogP) is 2.06. The van der Waals surface area contributed by atoms with Crippen LogP contribution in [0.15, 0.2) is 39.8 Å². The lowest BCUT2D eigenvalue weighted by Crippen LogP contribution is -2.27. The molecule has 1 N–H and O–H groups in total. The van der Waals surface area contributed by atoms with Crippen LogP contribution in [-0.2, 0) is 4.74 Å². The average molecular weight is 298 g/mol. The van der Waals surface area contributed by atoms with Gasteiger partial charge in [0, 0.05) is 12.4 Å². The van der Waals surface area contributed by atoms with Crippen LogP contribution in [0.25, 0.3) is 0 Å². The Morgan fingerprint density at radius 1 is 1.53 bits per heavy atom. The van der Waals surface area contributed by atoms with Gasteiger partial charge < -0.3 is 14.8 Å². The fraction of sp³-hybridized carbons (Fsp3) is 0.273.